The lowest BCUT2D eigenvalue weighted by Crippen LogP contribution is -2.29. The summed E-state index contributed by atoms with van der Waals surface area (Å²) in [5, 5.41) is 0. The van der Waals surface area contributed by atoms with Gasteiger partial charge in [0.2, 0.25) is 0 Å². The molecule has 0 aliphatic carbocycles. The minimum Gasteiger partial charge on any atom is -0.497 e. The maximum atomic E-state index is 12.5. The number of fused-ring (bicyclic) bond motifs is 1. The molecule has 4 nitrogen and oxygen atoms in total. The lowest BCUT2D eigenvalue weighted by molar-refractivity contribution is -0.114. The zero-order valence-corrected chi connectivity index (χ0v) is 16.2. The van der Waals surface area contributed by atoms with Crippen molar-refractivity contribution in [1.82, 2.24) is 0 Å². The smallest absolute Gasteiger partial charge is 0.299 e. The minimum atomic E-state index is -0.489. The molecule has 0 saturated carbocycles. The standard InChI is InChI=1S/C22H16BrNO3/c1-27-18-8-5-15(6-9-18)16-7-10-20-19(12-16)21(25)22(26)24(20)13-14-3-2-4-17(23)11-14/h2-12H,13H2,1H3. The quantitative estimate of drug-likeness (QED) is 0.565. The van der Waals surface area contributed by atoms with Gasteiger partial charge in [-0.1, -0.05) is 46.3 Å². The van der Waals surface area contributed by atoms with Crippen molar-refractivity contribution in [3.05, 3.63) is 82.3 Å². The lowest BCUT2D eigenvalue weighted by Gasteiger charge is -2.17. The van der Waals surface area contributed by atoms with Crippen molar-refractivity contribution in [3.8, 4) is 16.9 Å². The van der Waals surface area contributed by atoms with Crippen LogP contribution >= 0.6 is 15.9 Å². The Labute approximate surface area is 165 Å². The number of ketones is 1. The minimum absolute atomic E-state index is 0.360. The van der Waals surface area contributed by atoms with Crippen LogP contribution in [0.4, 0.5) is 5.69 Å². The van der Waals surface area contributed by atoms with Gasteiger partial charge in [-0.15, -0.1) is 0 Å². The van der Waals surface area contributed by atoms with Gasteiger partial charge in [-0.25, -0.2) is 0 Å². The van der Waals surface area contributed by atoms with Crippen LogP contribution in [0.3, 0.4) is 0 Å². The number of hydrogen-bond donors (Lipinski definition) is 0. The van der Waals surface area contributed by atoms with Crippen LogP contribution in [0, 0.1) is 0 Å². The van der Waals surface area contributed by atoms with Gasteiger partial charge in [0, 0.05) is 4.47 Å². The zero-order chi connectivity index (χ0) is 19.0. The van der Waals surface area contributed by atoms with Crippen LogP contribution in [-0.4, -0.2) is 18.8 Å². The average Bonchev–Trinajstić information content (AvgIpc) is 2.92. The molecule has 3 aromatic carbocycles. The van der Waals surface area contributed by atoms with E-state index in [0.717, 1.165) is 26.9 Å². The molecule has 134 valence electrons. The van der Waals surface area contributed by atoms with Crippen LogP contribution in [0.5, 0.6) is 5.75 Å². The Kier molecular flexibility index (Phi) is 4.54. The lowest BCUT2D eigenvalue weighted by atomic mass is 10.0. The predicted molar refractivity (Wildman–Crippen MR) is 108 cm³/mol. The van der Waals surface area contributed by atoms with Gasteiger partial charge in [-0.05, 0) is 53.1 Å². The molecule has 1 aliphatic rings. The van der Waals surface area contributed by atoms with E-state index >= 15 is 0 Å². The number of benzene rings is 3. The highest BCUT2D eigenvalue weighted by Crippen LogP contribution is 2.34. The summed E-state index contributed by atoms with van der Waals surface area (Å²) in [5.41, 5.74) is 3.91. The molecule has 3 aromatic rings. The van der Waals surface area contributed by atoms with E-state index in [1.54, 1.807) is 13.2 Å². The number of hydrogen-bond acceptors (Lipinski definition) is 3. The molecule has 5 heteroatoms. The third-order valence-electron chi connectivity index (χ3n) is 4.62. The molecular formula is C22H16BrNO3. The maximum absolute atomic E-state index is 12.5. The Morgan fingerprint density at radius 1 is 0.926 bits per heavy atom. The van der Waals surface area contributed by atoms with Gasteiger partial charge in [-0.3, -0.25) is 9.59 Å². The van der Waals surface area contributed by atoms with Crippen molar-refractivity contribution in [2.24, 2.45) is 0 Å². The van der Waals surface area contributed by atoms with E-state index in [0.29, 0.717) is 17.8 Å². The van der Waals surface area contributed by atoms with E-state index in [2.05, 4.69) is 15.9 Å². The summed E-state index contributed by atoms with van der Waals surface area (Å²) < 4.78 is 6.12. The molecular weight excluding hydrogens is 406 g/mol. The zero-order valence-electron chi connectivity index (χ0n) is 14.6. The number of halogens is 1. The van der Waals surface area contributed by atoms with Gasteiger partial charge in [0.1, 0.15) is 5.75 Å². The first kappa shape index (κ1) is 17.5. The topological polar surface area (TPSA) is 46.6 Å². The van der Waals surface area contributed by atoms with Gasteiger partial charge >= 0.3 is 0 Å². The molecule has 0 atom stereocenters. The summed E-state index contributed by atoms with van der Waals surface area (Å²) in [6.45, 7) is 0.360. The predicted octanol–water partition coefficient (Wildman–Crippen LogP) is 4.85. The number of ether oxygens (including phenoxy) is 1. The molecule has 4 rings (SSSR count). The number of carbonyl (C=O) groups is 2. The normalized spacial score (nSPS) is 13.0. The molecule has 0 aromatic heterocycles. The largest absolute Gasteiger partial charge is 0.497 e. The Hall–Kier alpha value is -2.92. The van der Waals surface area contributed by atoms with Crippen LogP contribution in [0.25, 0.3) is 11.1 Å². The van der Waals surface area contributed by atoms with Crippen LogP contribution in [-0.2, 0) is 11.3 Å². The second kappa shape index (κ2) is 7.00. The first-order valence-electron chi connectivity index (χ1n) is 8.46. The number of nitrogens with zero attached hydrogens (tertiary/aromatic N) is 1. The Morgan fingerprint density at radius 3 is 2.37 bits per heavy atom. The summed E-state index contributed by atoms with van der Waals surface area (Å²) in [4.78, 5) is 26.6. The van der Waals surface area contributed by atoms with E-state index in [1.807, 2.05) is 60.7 Å². The summed E-state index contributed by atoms with van der Waals surface area (Å²) in [5.74, 6) is -0.182. The molecule has 1 amide bonds. The van der Waals surface area contributed by atoms with Gasteiger partial charge in [-0.2, -0.15) is 0 Å². The fraction of sp³-hybridized carbons (Fsp3) is 0.0909. The van der Waals surface area contributed by atoms with Gasteiger partial charge in [0.15, 0.2) is 0 Å². The monoisotopic (exact) mass is 421 g/mol. The highest BCUT2D eigenvalue weighted by Gasteiger charge is 2.35. The third-order valence-corrected chi connectivity index (χ3v) is 5.12. The molecule has 1 aliphatic heterocycles. The second-order valence-electron chi connectivity index (χ2n) is 6.31. The van der Waals surface area contributed by atoms with E-state index in [4.69, 9.17) is 4.74 Å². The number of rotatable bonds is 4. The number of carbonyl (C=O) groups excluding carboxylic acids is 2. The van der Waals surface area contributed by atoms with Gasteiger partial charge < -0.3 is 9.64 Å². The Bertz CT molecular complexity index is 1040. The van der Waals surface area contributed by atoms with Crippen LogP contribution < -0.4 is 9.64 Å². The molecule has 0 bridgehead atoms. The number of anilines is 1. The summed E-state index contributed by atoms with van der Waals surface area (Å²) >= 11 is 3.44. The van der Waals surface area contributed by atoms with Crippen molar-refractivity contribution in [2.75, 3.05) is 12.0 Å². The Balaban J connectivity index is 1.68. The molecule has 0 unspecified atom stereocenters. The molecule has 27 heavy (non-hydrogen) atoms. The van der Waals surface area contributed by atoms with E-state index in [-0.39, 0.29) is 0 Å². The first-order chi connectivity index (χ1) is 13.1. The molecule has 1 heterocycles. The van der Waals surface area contributed by atoms with Crippen LogP contribution in [0.1, 0.15) is 15.9 Å². The fourth-order valence-electron chi connectivity index (χ4n) is 3.24. The van der Waals surface area contributed by atoms with Crippen molar-refractivity contribution < 1.29 is 14.3 Å². The van der Waals surface area contributed by atoms with Gasteiger partial charge in [0.25, 0.3) is 11.7 Å². The van der Waals surface area contributed by atoms with E-state index in [1.165, 1.54) is 4.90 Å². The first-order valence-corrected chi connectivity index (χ1v) is 9.25. The van der Waals surface area contributed by atoms with Gasteiger partial charge in [0.05, 0.1) is 24.9 Å². The maximum Gasteiger partial charge on any atom is 0.299 e. The summed E-state index contributed by atoms with van der Waals surface area (Å²) in [6, 6.07) is 20.9. The van der Waals surface area contributed by atoms with E-state index in [9.17, 15) is 9.59 Å². The molecule has 0 fully saturated rings. The molecule has 0 saturated heterocycles. The highest BCUT2D eigenvalue weighted by molar-refractivity contribution is 9.10. The summed E-state index contributed by atoms with van der Waals surface area (Å²) in [7, 11) is 1.62. The SMILES string of the molecule is COc1ccc(-c2ccc3c(c2)C(=O)C(=O)N3Cc2cccc(Br)c2)cc1. The van der Waals surface area contributed by atoms with Crippen molar-refractivity contribution in [2.45, 2.75) is 6.54 Å². The third kappa shape index (κ3) is 3.26. The molecule has 0 N–H and O–H groups in total. The van der Waals surface area contributed by atoms with Crippen LogP contribution in [0.15, 0.2) is 71.2 Å². The number of Topliss-reactive ketones (excluding diaryl/α,β-unsaturated/α-hetero) is 1. The molecule has 0 spiro atoms. The van der Waals surface area contributed by atoms with Crippen molar-refractivity contribution in [3.63, 3.8) is 0 Å². The second-order valence-corrected chi connectivity index (χ2v) is 7.23. The fourth-order valence-corrected chi connectivity index (χ4v) is 3.69. The van der Waals surface area contributed by atoms with Crippen LogP contribution in [0.2, 0.25) is 0 Å². The highest BCUT2D eigenvalue weighted by atomic mass is 79.9. The number of amides is 1. The average molecular weight is 422 g/mol. The Morgan fingerprint density at radius 2 is 1.67 bits per heavy atom. The number of methoxy groups -OCH3 is 1. The molecule has 0 radical (unpaired) electrons. The van der Waals surface area contributed by atoms with E-state index < -0.39 is 11.7 Å². The van der Waals surface area contributed by atoms with Crippen molar-refractivity contribution in [1.29, 1.82) is 0 Å². The summed E-state index contributed by atoms with van der Waals surface area (Å²) in [6.07, 6.45) is 0. The van der Waals surface area contributed by atoms with Crippen molar-refractivity contribution >= 4 is 33.3 Å².